The molecule has 40 heavy (non-hydrogen) atoms. The first-order chi connectivity index (χ1) is 19.2. The average Bonchev–Trinajstić information content (AvgIpc) is 3.60. The van der Waals surface area contributed by atoms with Crippen LogP contribution in [-0.4, -0.2) is 87.6 Å². The summed E-state index contributed by atoms with van der Waals surface area (Å²) in [5, 5.41) is 8.81. The normalized spacial score (nSPS) is 20.3. The molecular formula is C26H27ClF2N8O3. The van der Waals surface area contributed by atoms with Crippen LogP contribution in [-0.2, 0) is 4.79 Å². The van der Waals surface area contributed by atoms with Gasteiger partial charge in [0, 0.05) is 54.2 Å². The first-order valence-corrected chi connectivity index (χ1v) is 13.1. The Morgan fingerprint density at radius 1 is 1.30 bits per heavy atom. The quantitative estimate of drug-likeness (QED) is 0.444. The van der Waals surface area contributed by atoms with Crippen LogP contribution in [0.2, 0.25) is 5.02 Å². The van der Waals surface area contributed by atoms with E-state index in [1.54, 1.807) is 24.7 Å². The highest BCUT2D eigenvalue weighted by atomic mass is 35.5. The lowest BCUT2D eigenvalue weighted by Crippen LogP contribution is -2.61. The minimum absolute atomic E-state index is 0.0222. The Bertz CT molecular complexity index is 1490. The number of hydrogen-bond acceptors (Lipinski definition) is 8. The molecule has 1 unspecified atom stereocenters. The van der Waals surface area contributed by atoms with Gasteiger partial charge in [-0.15, -0.1) is 0 Å². The second-order valence-electron chi connectivity index (χ2n) is 10.5. The van der Waals surface area contributed by atoms with Crippen molar-refractivity contribution in [3.63, 3.8) is 0 Å². The highest BCUT2D eigenvalue weighted by molar-refractivity contribution is 6.30. The van der Waals surface area contributed by atoms with E-state index in [-0.39, 0.29) is 39.8 Å². The van der Waals surface area contributed by atoms with Gasteiger partial charge in [0.05, 0.1) is 17.9 Å². The summed E-state index contributed by atoms with van der Waals surface area (Å²) < 4.78 is 32.7. The Hall–Kier alpha value is -3.81. The van der Waals surface area contributed by atoms with Crippen LogP contribution in [0, 0.1) is 5.41 Å². The second kappa shape index (κ2) is 10.3. The van der Waals surface area contributed by atoms with Gasteiger partial charge in [-0.2, -0.15) is 13.9 Å². The highest BCUT2D eigenvalue weighted by Gasteiger charge is 2.48. The number of benzene rings is 1. The molecule has 1 atom stereocenters. The number of carbonyl (C=O) groups is 2. The van der Waals surface area contributed by atoms with Gasteiger partial charge in [-0.3, -0.25) is 9.59 Å². The molecule has 2 aromatic heterocycles. The van der Waals surface area contributed by atoms with Crippen LogP contribution in [0.1, 0.15) is 28.4 Å². The molecule has 5 heterocycles. The van der Waals surface area contributed by atoms with Crippen LogP contribution in [0.4, 0.5) is 8.78 Å². The van der Waals surface area contributed by atoms with Gasteiger partial charge in [-0.05, 0) is 44.3 Å². The van der Waals surface area contributed by atoms with Gasteiger partial charge in [0.1, 0.15) is 17.9 Å². The van der Waals surface area contributed by atoms with Crippen LogP contribution in [0.5, 0.6) is 5.75 Å². The summed E-state index contributed by atoms with van der Waals surface area (Å²) in [5.41, 5.74) is 4.45. The van der Waals surface area contributed by atoms with Crippen molar-refractivity contribution in [1.29, 1.82) is 0 Å². The van der Waals surface area contributed by atoms with E-state index in [2.05, 4.69) is 32.8 Å². The van der Waals surface area contributed by atoms with E-state index in [4.69, 9.17) is 16.3 Å². The molecule has 3 aliphatic heterocycles. The number of aromatic nitrogens is 3. The summed E-state index contributed by atoms with van der Waals surface area (Å²) in [6.45, 7) is 0.294. The monoisotopic (exact) mass is 572 g/mol. The van der Waals surface area contributed by atoms with Gasteiger partial charge in [-0.25, -0.2) is 14.9 Å². The Labute approximate surface area is 233 Å². The molecule has 3 aromatic rings. The molecule has 3 aliphatic rings. The number of halogens is 3. The fourth-order valence-electron chi connectivity index (χ4n) is 5.68. The molecule has 2 amide bonds. The van der Waals surface area contributed by atoms with Crippen molar-refractivity contribution in [2.24, 2.45) is 5.41 Å². The van der Waals surface area contributed by atoms with Gasteiger partial charge < -0.3 is 24.9 Å². The predicted molar refractivity (Wildman–Crippen MR) is 140 cm³/mol. The van der Waals surface area contributed by atoms with Gasteiger partial charge in [0.15, 0.2) is 5.65 Å². The number of carbonyl (C=O) groups excluding carboxylic acids is 2. The minimum Gasteiger partial charge on any atom is -0.434 e. The van der Waals surface area contributed by atoms with Crippen LogP contribution in [0.25, 0.3) is 5.65 Å². The van der Waals surface area contributed by atoms with Crippen LogP contribution < -0.4 is 15.5 Å². The highest BCUT2D eigenvalue weighted by Crippen LogP contribution is 2.39. The van der Waals surface area contributed by atoms with Crippen molar-refractivity contribution < 1.29 is 23.1 Å². The summed E-state index contributed by atoms with van der Waals surface area (Å²) in [5.74, 6) is -0.705. The van der Waals surface area contributed by atoms with Gasteiger partial charge in [0.2, 0.25) is 5.91 Å². The first-order valence-electron chi connectivity index (χ1n) is 12.7. The zero-order valence-electron chi connectivity index (χ0n) is 21.6. The fourth-order valence-corrected chi connectivity index (χ4v) is 5.86. The second-order valence-corrected chi connectivity index (χ2v) is 10.9. The molecule has 6 rings (SSSR count). The molecule has 2 N–H and O–H groups in total. The van der Waals surface area contributed by atoms with E-state index in [1.807, 2.05) is 4.90 Å². The van der Waals surface area contributed by atoms with E-state index in [9.17, 15) is 18.4 Å². The summed E-state index contributed by atoms with van der Waals surface area (Å²) in [7, 11) is 2.08. The molecule has 0 saturated carbocycles. The number of ether oxygens (including phenoxy) is 1. The average molecular weight is 573 g/mol. The molecule has 1 aromatic carbocycles. The van der Waals surface area contributed by atoms with Crippen molar-refractivity contribution in [1.82, 2.24) is 40.1 Å². The largest absolute Gasteiger partial charge is 0.434 e. The smallest absolute Gasteiger partial charge is 0.387 e. The molecule has 210 valence electrons. The molecule has 14 heteroatoms. The predicted octanol–water partition coefficient (Wildman–Crippen LogP) is 2.28. The zero-order valence-corrected chi connectivity index (χ0v) is 22.3. The van der Waals surface area contributed by atoms with Crippen molar-refractivity contribution in [3.05, 3.63) is 70.9 Å². The summed E-state index contributed by atoms with van der Waals surface area (Å²) in [6.07, 6.45) is 7.24. The number of amides is 2. The lowest BCUT2D eigenvalue weighted by molar-refractivity contribution is -0.143. The lowest BCUT2D eigenvalue weighted by Gasteiger charge is -2.48. The molecular weight excluding hydrogens is 546 g/mol. The third-order valence-electron chi connectivity index (χ3n) is 7.52. The Morgan fingerprint density at radius 3 is 2.88 bits per heavy atom. The van der Waals surface area contributed by atoms with Crippen molar-refractivity contribution in [2.45, 2.75) is 19.1 Å². The van der Waals surface area contributed by atoms with Gasteiger partial charge in [0.25, 0.3) is 5.91 Å². The Morgan fingerprint density at radius 2 is 2.12 bits per heavy atom. The number of likely N-dealkylation sites (tertiary alicyclic amines) is 2. The lowest BCUT2D eigenvalue weighted by atomic mass is 9.79. The van der Waals surface area contributed by atoms with Crippen LogP contribution in [0.3, 0.4) is 0 Å². The molecule has 11 nitrogen and oxygen atoms in total. The number of alkyl halides is 2. The number of hydrazine groups is 1. The maximum Gasteiger partial charge on any atom is 0.387 e. The van der Waals surface area contributed by atoms with Crippen molar-refractivity contribution in [2.75, 3.05) is 39.8 Å². The van der Waals surface area contributed by atoms with Gasteiger partial charge in [-0.1, -0.05) is 11.6 Å². The van der Waals surface area contributed by atoms with E-state index >= 15 is 0 Å². The maximum atomic E-state index is 13.3. The summed E-state index contributed by atoms with van der Waals surface area (Å²) in [4.78, 5) is 34.7. The zero-order chi connectivity index (χ0) is 28.0. The molecule has 2 fully saturated rings. The number of rotatable bonds is 7. The standard InChI is InChI=1S/C26H27ClF2N8O3/c1-34-8-5-26(13-34)14-35(15-26)21(38)12-36-11-19(32-24(39)18-10-31-37-7-2-6-30-23(18)37)22(33-36)17-9-16(27)3-4-20(17)40-25(28)29/h2-4,6-7,9-11,22,25,33H,5,8,12-15H2,1H3,(H,32,39). The number of hydrogen-bond donors (Lipinski definition) is 2. The molecule has 0 radical (unpaired) electrons. The Kier molecular flexibility index (Phi) is 6.80. The first kappa shape index (κ1) is 26.4. The van der Waals surface area contributed by atoms with E-state index in [1.165, 1.54) is 33.9 Å². The van der Waals surface area contributed by atoms with Crippen molar-refractivity contribution in [3.8, 4) is 5.75 Å². The fraction of sp³-hybridized carbons (Fsp3) is 0.385. The van der Waals surface area contributed by atoms with E-state index in [0.717, 1.165) is 19.5 Å². The minimum atomic E-state index is -3.07. The topological polar surface area (TPSA) is 107 Å². The van der Waals surface area contributed by atoms with Gasteiger partial charge >= 0.3 is 6.61 Å². The van der Waals surface area contributed by atoms with E-state index in [0.29, 0.717) is 24.4 Å². The molecule has 0 aliphatic carbocycles. The third-order valence-corrected chi connectivity index (χ3v) is 7.76. The number of fused-ring (bicyclic) bond motifs is 1. The van der Waals surface area contributed by atoms with Crippen LogP contribution in [0.15, 0.2) is 54.8 Å². The summed E-state index contributed by atoms with van der Waals surface area (Å²) in [6, 6.07) is 5.10. The molecule has 0 bridgehead atoms. The third kappa shape index (κ3) is 5.07. The summed E-state index contributed by atoms with van der Waals surface area (Å²) >= 11 is 6.22. The number of nitrogens with zero attached hydrogens (tertiary/aromatic N) is 6. The maximum absolute atomic E-state index is 13.3. The SMILES string of the molecule is CN1CCC2(C1)CN(C(=O)CN1C=C(NC(=O)c3cnn4cccnc34)C(c3cc(Cl)ccc3OC(F)F)N1)C2. The number of nitrogens with one attached hydrogen (secondary N) is 2. The molecule has 1 spiro atoms. The van der Waals surface area contributed by atoms with Crippen LogP contribution >= 0.6 is 11.6 Å². The van der Waals surface area contributed by atoms with E-state index < -0.39 is 18.6 Å². The Balaban J connectivity index is 1.24. The van der Waals surface area contributed by atoms with Crippen molar-refractivity contribution >= 4 is 29.1 Å². The molecule has 2 saturated heterocycles.